The van der Waals surface area contributed by atoms with Crippen LogP contribution in [0.25, 0.3) is 0 Å². The van der Waals surface area contributed by atoms with Gasteiger partial charge in [0.15, 0.2) is 0 Å². The fourth-order valence-corrected chi connectivity index (χ4v) is 2.45. The van der Waals surface area contributed by atoms with E-state index < -0.39 is 5.60 Å². The number of amides is 1. The number of carbonyl (C=O) groups is 1. The molecular formula is C15H30N2O3. The van der Waals surface area contributed by atoms with Crippen molar-refractivity contribution in [1.29, 1.82) is 0 Å². The zero-order valence-electron chi connectivity index (χ0n) is 13.3. The Hall–Kier alpha value is -0.810. The highest BCUT2D eigenvalue weighted by Gasteiger charge is 2.27. The molecule has 0 radical (unpaired) electrons. The molecule has 1 aliphatic rings. The third-order valence-corrected chi connectivity index (χ3v) is 3.59. The molecule has 1 saturated heterocycles. The number of ether oxygens (including phenoxy) is 1. The van der Waals surface area contributed by atoms with Crippen LogP contribution in [0.1, 0.15) is 53.4 Å². The lowest BCUT2D eigenvalue weighted by Gasteiger charge is -2.35. The highest BCUT2D eigenvalue weighted by Crippen LogP contribution is 2.16. The molecule has 1 fully saturated rings. The molecule has 0 aliphatic carbocycles. The highest BCUT2D eigenvalue weighted by atomic mass is 16.6. The Bertz CT molecular complexity index is 294. The summed E-state index contributed by atoms with van der Waals surface area (Å²) >= 11 is 0. The molecule has 1 heterocycles. The molecule has 1 atom stereocenters. The summed E-state index contributed by atoms with van der Waals surface area (Å²) in [5.41, 5.74) is -0.430. The average molecular weight is 286 g/mol. The molecule has 0 saturated carbocycles. The molecule has 1 aliphatic heterocycles. The van der Waals surface area contributed by atoms with Gasteiger partial charge in [0.25, 0.3) is 0 Å². The van der Waals surface area contributed by atoms with Crippen molar-refractivity contribution >= 4 is 6.09 Å². The number of hydrogen-bond acceptors (Lipinski definition) is 4. The van der Waals surface area contributed by atoms with Crippen LogP contribution in [-0.4, -0.2) is 53.5 Å². The maximum absolute atomic E-state index is 12.0. The molecule has 0 aromatic heterocycles. The van der Waals surface area contributed by atoms with E-state index >= 15 is 0 Å². The van der Waals surface area contributed by atoms with Crippen LogP contribution in [0.15, 0.2) is 0 Å². The molecule has 1 rings (SSSR count). The number of carbonyl (C=O) groups excluding carboxylic acids is 1. The molecule has 0 bridgehead atoms. The summed E-state index contributed by atoms with van der Waals surface area (Å²) < 4.78 is 5.39. The lowest BCUT2D eigenvalue weighted by atomic mass is 10.0. The summed E-state index contributed by atoms with van der Waals surface area (Å²) in [4.78, 5) is 13.7. The fourth-order valence-electron chi connectivity index (χ4n) is 2.45. The van der Waals surface area contributed by atoms with Crippen molar-refractivity contribution in [2.75, 3.05) is 19.7 Å². The van der Waals surface area contributed by atoms with Crippen LogP contribution in [-0.2, 0) is 4.74 Å². The van der Waals surface area contributed by atoms with E-state index in [0.717, 1.165) is 38.8 Å². The van der Waals surface area contributed by atoms with Crippen molar-refractivity contribution in [3.63, 3.8) is 0 Å². The largest absolute Gasteiger partial charge is 0.444 e. The van der Waals surface area contributed by atoms with Gasteiger partial charge >= 0.3 is 6.09 Å². The summed E-state index contributed by atoms with van der Waals surface area (Å²) in [7, 11) is 0. The third kappa shape index (κ3) is 6.09. The second-order valence-corrected chi connectivity index (χ2v) is 6.53. The smallest absolute Gasteiger partial charge is 0.410 e. The molecule has 0 aromatic rings. The van der Waals surface area contributed by atoms with Crippen LogP contribution in [0.3, 0.4) is 0 Å². The zero-order valence-corrected chi connectivity index (χ0v) is 13.3. The molecule has 0 spiro atoms. The van der Waals surface area contributed by atoms with E-state index in [-0.39, 0.29) is 12.7 Å². The van der Waals surface area contributed by atoms with Gasteiger partial charge < -0.3 is 20.1 Å². The van der Waals surface area contributed by atoms with Crippen LogP contribution in [0.2, 0.25) is 0 Å². The zero-order chi connectivity index (χ0) is 15.2. The number of hydrogen-bond donors (Lipinski definition) is 2. The van der Waals surface area contributed by atoms with Gasteiger partial charge in [0.2, 0.25) is 0 Å². The number of nitrogens with one attached hydrogen (secondary N) is 1. The van der Waals surface area contributed by atoms with Crippen molar-refractivity contribution in [2.45, 2.75) is 71.1 Å². The Balaban J connectivity index is 2.34. The number of nitrogens with zero attached hydrogens (tertiary/aromatic N) is 1. The normalized spacial score (nSPS) is 18.9. The van der Waals surface area contributed by atoms with E-state index in [1.165, 1.54) is 0 Å². The highest BCUT2D eigenvalue weighted by molar-refractivity contribution is 5.68. The summed E-state index contributed by atoms with van der Waals surface area (Å²) in [6.45, 7) is 9.50. The fraction of sp³-hybridized carbons (Fsp3) is 0.933. The Morgan fingerprint density at radius 2 is 2.00 bits per heavy atom. The van der Waals surface area contributed by atoms with Gasteiger partial charge in [-0.2, -0.15) is 0 Å². The van der Waals surface area contributed by atoms with Gasteiger partial charge in [-0.15, -0.1) is 0 Å². The van der Waals surface area contributed by atoms with Crippen LogP contribution >= 0.6 is 0 Å². The first-order valence-electron chi connectivity index (χ1n) is 7.70. The van der Waals surface area contributed by atoms with E-state index in [2.05, 4.69) is 12.2 Å². The lowest BCUT2D eigenvalue weighted by molar-refractivity contribution is 0.0195. The molecule has 2 N–H and O–H groups in total. The van der Waals surface area contributed by atoms with Crippen molar-refractivity contribution < 1.29 is 14.6 Å². The Labute approximate surface area is 122 Å². The van der Waals surface area contributed by atoms with Crippen molar-refractivity contribution in [1.82, 2.24) is 10.2 Å². The van der Waals surface area contributed by atoms with Gasteiger partial charge in [0.05, 0.1) is 0 Å². The number of likely N-dealkylation sites (tertiary alicyclic amines) is 1. The number of piperidine rings is 1. The minimum atomic E-state index is -0.430. The van der Waals surface area contributed by atoms with Crippen molar-refractivity contribution in [2.24, 2.45) is 0 Å². The number of rotatable bonds is 5. The van der Waals surface area contributed by atoms with Gasteiger partial charge in [-0.3, -0.25) is 0 Å². The van der Waals surface area contributed by atoms with E-state index in [1.54, 1.807) is 4.90 Å². The summed E-state index contributed by atoms with van der Waals surface area (Å²) in [6.07, 6.45) is 3.50. The van der Waals surface area contributed by atoms with E-state index in [4.69, 9.17) is 9.84 Å². The summed E-state index contributed by atoms with van der Waals surface area (Å²) in [6, 6.07) is 0.809. The van der Waals surface area contributed by atoms with Crippen molar-refractivity contribution in [3.8, 4) is 0 Å². The van der Waals surface area contributed by atoms with Gasteiger partial charge in [-0.05, 0) is 46.5 Å². The minimum absolute atomic E-state index is 0.210. The summed E-state index contributed by atoms with van der Waals surface area (Å²) in [5.74, 6) is 0. The van der Waals surface area contributed by atoms with E-state index in [9.17, 15) is 4.79 Å². The monoisotopic (exact) mass is 286 g/mol. The predicted octanol–water partition coefficient (Wildman–Crippen LogP) is 2.14. The average Bonchev–Trinajstić information content (AvgIpc) is 2.37. The predicted molar refractivity (Wildman–Crippen MR) is 79.7 cm³/mol. The maximum Gasteiger partial charge on any atom is 0.410 e. The SMILES string of the molecule is CCC(CCO)NC1CCN(C(=O)OC(C)(C)C)CC1. The van der Waals surface area contributed by atoms with Gasteiger partial charge in [-0.25, -0.2) is 4.79 Å². The van der Waals surface area contributed by atoms with Gasteiger partial charge in [-0.1, -0.05) is 6.92 Å². The first kappa shape index (κ1) is 17.2. The second kappa shape index (κ2) is 7.84. The van der Waals surface area contributed by atoms with Crippen LogP contribution in [0.5, 0.6) is 0 Å². The maximum atomic E-state index is 12.0. The van der Waals surface area contributed by atoms with Crippen LogP contribution in [0.4, 0.5) is 4.79 Å². The molecule has 1 amide bonds. The summed E-state index contributed by atoms with van der Waals surface area (Å²) in [5, 5.41) is 12.6. The van der Waals surface area contributed by atoms with Gasteiger partial charge in [0.1, 0.15) is 5.60 Å². The molecule has 1 unspecified atom stereocenters. The van der Waals surface area contributed by atoms with Crippen LogP contribution < -0.4 is 5.32 Å². The molecule has 0 aromatic carbocycles. The first-order valence-corrected chi connectivity index (χ1v) is 7.70. The van der Waals surface area contributed by atoms with Crippen LogP contribution in [0, 0.1) is 0 Å². The third-order valence-electron chi connectivity index (χ3n) is 3.59. The standard InChI is InChI=1S/C15H30N2O3/c1-5-12(8-11-18)16-13-6-9-17(10-7-13)14(19)20-15(2,3)4/h12-13,16,18H,5-11H2,1-4H3. The van der Waals surface area contributed by atoms with Crippen molar-refractivity contribution in [3.05, 3.63) is 0 Å². The Morgan fingerprint density at radius 1 is 1.40 bits per heavy atom. The molecular weight excluding hydrogens is 256 g/mol. The Morgan fingerprint density at radius 3 is 2.45 bits per heavy atom. The first-order chi connectivity index (χ1) is 9.35. The number of aliphatic hydroxyl groups excluding tert-OH is 1. The minimum Gasteiger partial charge on any atom is -0.444 e. The molecule has 5 nitrogen and oxygen atoms in total. The second-order valence-electron chi connectivity index (χ2n) is 6.53. The molecule has 20 heavy (non-hydrogen) atoms. The molecule has 118 valence electrons. The Kier molecular flexibility index (Phi) is 6.76. The lowest BCUT2D eigenvalue weighted by Crippen LogP contribution is -2.48. The molecule has 5 heteroatoms. The topological polar surface area (TPSA) is 61.8 Å². The number of aliphatic hydroxyl groups is 1. The van der Waals surface area contributed by atoms with E-state index in [1.807, 2.05) is 20.8 Å². The van der Waals surface area contributed by atoms with Gasteiger partial charge in [0, 0.05) is 31.8 Å². The quantitative estimate of drug-likeness (QED) is 0.813. The van der Waals surface area contributed by atoms with E-state index in [0.29, 0.717) is 12.1 Å².